The Hall–Kier alpha value is -0.960. The molecule has 0 fully saturated rings. The van der Waals surface area contributed by atoms with Crippen LogP contribution in [0.2, 0.25) is 5.02 Å². The van der Waals surface area contributed by atoms with Crippen LogP contribution in [0, 0.1) is 17.6 Å². The average Bonchev–Trinajstić information content (AvgIpc) is 2.23. The third-order valence-corrected chi connectivity index (χ3v) is 2.85. The number of rotatable bonds is 4. The summed E-state index contributed by atoms with van der Waals surface area (Å²) >= 11 is 5.70. The van der Waals surface area contributed by atoms with Crippen LogP contribution in [0.4, 0.5) is 8.78 Å². The van der Waals surface area contributed by atoms with Gasteiger partial charge in [-0.25, -0.2) is 8.78 Å². The Bertz CT molecular complexity index is 404. The average molecular weight is 247 g/mol. The van der Waals surface area contributed by atoms with Gasteiger partial charge in [-0.15, -0.1) is 0 Å². The number of carbonyl (C=O) groups excluding carboxylic acids is 1. The molecule has 16 heavy (non-hydrogen) atoms. The van der Waals surface area contributed by atoms with Gasteiger partial charge in [0.15, 0.2) is 17.4 Å². The van der Waals surface area contributed by atoms with E-state index in [0.29, 0.717) is 6.42 Å². The minimum atomic E-state index is -1.04. The summed E-state index contributed by atoms with van der Waals surface area (Å²) < 4.78 is 25.7. The van der Waals surface area contributed by atoms with Gasteiger partial charge in [-0.05, 0) is 18.1 Å². The standard InChI is InChI=1S/C12H13ClF2O/c1-3-7(2)4-12(16)8-5-10(14)11(15)6-9(8)13/h5-7H,3-4H2,1-2H3. The molecule has 0 aliphatic carbocycles. The molecule has 0 radical (unpaired) electrons. The fourth-order valence-corrected chi connectivity index (χ4v) is 1.56. The molecule has 0 bridgehead atoms. The SMILES string of the molecule is CCC(C)CC(=O)c1cc(F)c(F)cc1Cl. The molecule has 0 aromatic heterocycles. The van der Waals surface area contributed by atoms with Crippen LogP contribution in [0.3, 0.4) is 0 Å². The summed E-state index contributed by atoms with van der Waals surface area (Å²) in [4.78, 5) is 11.7. The lowest BCUT2D eigenvalue weighted by Crippen LogP contribution is -2.07. The minimum Gasteiger partial charge on any atom is -0.294 e. The van der Waals surface area contributed by atoms with Crippen molar-refractivity contribution in [2.24, 2.45) is 5.92 Å². The Morgan fingerprint density at radius 2 is 1.94 bits per heavy atom. The Kier molecular flexibility index (Phi) is 4.42. The smallest absolute Gasteiger partial charge is 0.164 e. The number of hydrogen-bond donors (Lipinski definition) is 0. The maximum Gasteiger partial charge on any atom is 0.164 e. The number of benzene rings is 1. The number of ketones is 1. The minimum absolute atomic E-state index is 0.0350. The lowest BCUT2D eigenvalue weighted by atomic mass is 9.98. The van der Waals surface area contributed by atoms with Gasteiger partial charge in [0.25, 0.3) is 0 Å². The van der Waals surface area contributed by atoms with E-state index in [-0.39, 0.29) is 22.3 Å². The highest BCUT2D eigenvalue weighted by atomic mass is 35.5. The fraction of sp³-hybridized carbons (Fsp3) is 0.417. The van der Waals surface area contributed by atoms with E-state index in [1.807, 2.05) is 13.8 Å². The maximum atomic E-state index is 13.0. The molecule has 0 spiro atoms. The van der Waals surface area contributed by atoms with Crippen molar-refractivity contribution in [3.63, 3.8) is 0 Å². The molecule has 1 rings (SSSR count). The lowest BCUT2D eigenvalue weighted by Gasteiger charge is -2.08. The Morgan fingerprint density at radius 1 is 1.38 bits per heavy atom. The van der Waals surface area contributed by atoms with Gasteiger partial charge in [0, 0.05) is 12.0 Å². The summed E-state index contributed by atoms with van der Waals surface area (Å²) in [5, 5.41) is -0.0350. The molecular weight excluding hydrogens is 234 g/mol. The molecule has 0 aliphatic heterocycles. The van der Waals surface area contributed by atoms with Crippen LogP contribution in [0.15, 0.2) is 12.1 Å². The van der Waals surface area contributed by atoms with Gasteiger partial charge >= 0.3 is 0 Å². The molecular formula is C12H13ClF2O. The molecule has 1 unspecified atom stereocenters. The van der Waals surface area contributed by atoms with Crippen LogP contribution in [0.1, 0.15) is 37.0 Å². The maximum absolute atomic E-state index is 13.0. The van der Waals surface area contributed by atoms with Crippen LogP contribution >= 0.6 is 11.6 Å². The highest BCUT2D eigenvalue weighted by Crippen LogP contribution is 2.23. The first kappa shape index (κ1) is 13.1. The van der Waals surface area contributed by atoms with Gasteiger partial charge in [-0.1, -0.05) is 31.9 Å². The summed E-state index contributed by atoms with van der Waals surface area (Å²) in [6.45, 7) is 3.89. The first-order valence-corrected chi connectivity index (χ1v) is 5.51. The molecule has 0 saturated heterocycles. The zero-order valence-corrected chi connectivity index (χ0v) is 9.94. The quantitative estimate of drug-likeness (QED) is 0.574. The number of hydrogen-bond acceptors (Lipinski definition) is 1. The lowest BCUT2D eigenvalue weighted by molar-refractivity contribution is 0.0963. The van der Waals surface area contributed by atoms with Gasteiger partial charge in [-0.2, -0.15) is 0 Å². The van der Waals surface area contributed by atoms with Crippen molar-refractivity contribution < 1.29 is 13.6 Å². The van der Waals surface area contributed by atoms with E-state index in [1.54, 1.807) is 0 Å². The zero-order chi connectivity index (χ0) is 12.3. The molecule has 1 nitrogen and oxygen atoms in total. The van der Waals surface area contributed by atoms with Crippen molar-refractivity contribution in [3.05, 3.63) is 34.4 Å². The third-order valence-electron chi connectivity index (χ3n) is 2.54. The normalized spacial score (nSPS) is 12.6. The second-order valence-corrected chi connectivity index (χ2v) is 4.29. The molecule has 4 heteroatoms. The Labute approximate surface area is 98.4 Å². The highest BCUT2D eigenvalue weighted by molar-refractivity contribution is 6.33. The monoisotopic (exact) mass is 246 g/mol. The van der Waals surface area contributed by atoms with Gasteiger partial charge in [0.05, 0.1) is 5.02 Å². The molecule has 0 heterocycles. The Balaban J connectivity index is 2.96. The largest absolute Gasteiger partial charge is 0.294 e. The fourth-order valence-electron chi connectivity index (χ4n) is 1.31. The number of carbonyl (C=O) groups is 1. The van der Waals surface area contributed by atoms with Crippen LogP contribution < -0.4 is 0 Å². The van der Waals surface area contributed by atoms with Crippen molar-refractivity contribution in [1.29, 1.82) is 0 Å². The summed E-state index contributed by atoms with van der Waals surface area (Å²) in [7, 11) is 0. The topological polar surface area (TPSA) is 17.1 Å². The molecule has 0 N–H and O–H groups in total. The number of halogens is 3. The van der Waals surface area contributed by atoms with E-state index in [1.165, 1.54) is 0 Å². The first-order chi connectivity index (χ1) is 7.45. The first-order valence-electron chi connectivity index (χ1n) is 5.13. The van der Waals surface area contributed by atoms with E-state index >= 15 is 0 Å². The van der Waals surface area contributed by atoms with Crippen LogP contribution in [-0.2, 0) is 0 Å². The van der Waals surface area contributed by atoms with Crippen LogP contribution in [0.5, 0.6) is 0 Å². The molecule has 1 aromatic carbocycles. The second kappa shape index (κ2) is 5.39. The molecule has 88 valence electrons. The van der Waals surface area contributed by atoms with Crippen molar-refractivity contribution in [2.45, 2.75) is 26.7 Å². The van der Waals surface area contributed by atoms with E-state index in [9.17, 15) is 13.6 Å². The van der Waals surface area contributed by atoms with Crippen molar-refractivity contribution in [3.8, 4) is 0 Å². The van der Waals surface area contributed by atoms with Crippen LogP contribution in [-0.4, -0.2) is 5.78 Å². The van der Waals surface area contributed by atoms with Crippen molar-refractivity contribution >= 4 is 17.4 Å². The molecule has 1 atom stereocenters. The summed E-state index contributed by atoms with van der Waals surface area (Å²) in [5.41, 5.74) is 0.0564. The predicted molar refractivity (Wildman–Crippen MR) is 59.8 cm³/mol. The molecule has 0 amide bonds. The zero-order valence-electron chi connectivity index (χ0n) is 9.19. The van der Waals surface area contributed by atoms with Crippen molar-refractivity contribution in [2.75, 3.05) is 0 Å². The third kappa shape index (κ3) is 3.01. The van der Waals surface area contributed by atoms with Crippen LogP contribution in [0.25, 0.3) is 0 Å². The Morgan fingerprint density at radius 3 is 2.50 bits per heavy atom. The number of Topliss-reactive ketones (excluding diaryl/α,β-unsaturated/α-hetero) is 1. The van der Waals surface area contributed by atoms with E-state index in [4.69, 9.17) is 11.6 Å². The summed E-state index contributed by atoms with van der Waals surface area (Å²) in [6.07, 6.45) is 1.15. The van der Waals surface area contributed by atoms with Crippen molar-refractivity contribution in [1.82, 2.24) is 0 Å². The molecule has 0 aliphatic rings. The summed E-state index contributed by atoms with van der Waals surface area (Å²) in [5.74, 6) is -2.13. The van der Waals surface area contributed by atoms with E-state index in [2.05, 4.69) is 0 Å². The highest BCUT2D eigenvalue weighted by Gasteiger charge is 2.16. The molecule has 1 aromatic rings. The van der Waals surface area contributed by atoms with Gasteiger partial charge in [0.2, 0.25) is 0 Å². The van der Waals surface area contributed by atoms with Gasteiger partial charge in [-0.3, -0.25) is 4.79 Å². The molecule has 0 saturated carbocycles. The second-order valence-electron chi connectivity index (χ2n) is 3.89. The predicted octanol–water partition coefficient (Wildman–Crippen LogP) is 4.24. The van der Waals surface area contributed by atoms with E-state index in [0.717, 1.165) is 18.6 Å². The summed E-state index contributed by atoms with van der Waals surface area (Å²) in [6, 6.07) is 1.70. The van der Waals surface area contributed by atoms with E-state index < -0.39 is 11.6 Å². The van der Waals surface area contributed by atoms with Gasteiger partial charge < -0.3 is 0 Å². The van der Waals surface area contributed by atoms with Gasteiger partial charge in [0.1, 0.15) is 0 Å².